The second-order valence-electron chi connectivity index (χ2n) is 6.94. The van der Waals surface area contributed by atoms with E-state index in [0.717, 1.165) is 34.0 Å². The molecule has 2 aliphatic heterocycles. The first-order chi connectivity index (χ1) is 13.7. The van der Waals surface area contributed by atoms with Crippen molar-refractivity contribution in [2.24, 2.45) is 0 Å². The summed E-state index contributed by atoms with van der Waals surface area (Å²) >= 11 is 0. The molecule has 0 spiro atoms. The third-order valence-corrected chi connectivity index (χ3v) is 4.91. The van der Waals surface area contributed by atoms with Crippen molar-refractivity contribution in [3.8, 4) is 11.5 Å². The SMILES string of the molecule is Cc1cccc(NC(=O)c2cc3n(n2)C[C@H](c2ccc4c(c2)OCO4)OC3)c1. The molecule has 1 amide bonds. The Balaban J connectivity index is 1.33. The fraction of sp³-hybridized carbons (Fsp3) is 0.238. The Morgan fingerprint density at radius 1 is 1.14 bits per heavy atom. The van der Waals surface area contributed by atoms with Crippen LogP contribution in [0.4, 0.5) is 5.69 Å². The van der Waals surface area contributed by atoms with Crippen LogP contribution in [0.1, 0.15) is 33.4 Å². The molecule has 1 atom stereocenters. The quantitative estimate of drug-likeness (QED) is 0.757. The number of benzene rings is 2. The van der Waals surface area contributed by atoms with Gasteiger partial charge in [-0.3, -0.25) is 9.48 Å². The number of ether oxygens (including phenoxy) is 3. The van der Waals surface area contributed by atoms with Gasteiger partial charge in [-0.25, -0.2) is 0 Å². The minimum atomic E-state index is -0.230. The molecule has 142 valence electrons. The number of aromatic nitrogens is 2. The van der Waals surface area contributed by atoms with Crippen molar-refractivity contribution in [2.45, 2.75) is 26.2 Å². The van der Waals surface area contributed by atoms with Crippen molar-refractivity contribution in [2.75, 3.05) is 12.1 Å². The number of nitrogens with zero attached hydrogens (tertiary/aromatic N) is 2. The first-order valence-corrected chi connectivity index (χ1v) is 9.11. The maximum atomic E-state index is 12.6. The van der Waals surface area contributed by atoms with Crippen LogP contribution in [0, 0.1) is 6.92 Å². The molecule has 0 saturated heterocycles. The molecule has 0 radical (unpaired) electrons. The first kappa shape index (κ1) is 16.8. The van der Waals surface area contributed by atoms with E-state index in [1.807, 2.05) is 54.1 Å². The topological polar surface area (TPSA) is 74.6 Å². The average molecular weight is 377 g/mol. The Kier molecular flexibility index (Phi) is 4.02. The van der Waals surface area contributed by atoms with Crippen LogP contribution in [0.25, 0.3) is 0 Å². The van der Waals surface area contributed by atoms with Crippen LogP contribution in [-0.2, 0) is 17.9 Å². The third-order valence-electron chi connectivity index (χ3n) is 4.91. The summed E-state index contributed by atoms with van der Waals surface area (Å²) in [5.74, 6) is 1.24. The lowest BCUT2D eigenvalue weighted by Gasteiger charge is -2.24. The normalized spacial score (nSPS) is 17.2. The number of anilines is 1. The van der Waals surface area contributed by atoms with Gasteiger partial charge in [-0.05, 0) is 48.4 Å². The molecule has 3 aromatic rings. The van der Waals surface area contributed by atoms with E-state index in [4.69, 9.17) is 14.2 Å². The number of hydrogen-bond acceptors (Lipinski definition) is 5. The second-order valence-corrected chi connectivity index (χ2v) is 6.94. The van der Waals surface area contributed by atoms with Gasteiger partial charge in [-0.1, -0.05) is 18.2 Å². The van der Waals surface area contributed by atoms with Crippen molar-refractivity contribution in [1.82, 2.24) is 9.78 Å². The molecule has 1 N–H and O–H groups in total. The molecule has 0 unspecified atom stereocenters. The van der Waals surface area contributed by atoms with Gasteiger partial charge in [0.25, 0.3) is 5.91 Å². The molecule has 28 heavy (non-hydrogen) atoms. The summed E-state index contributed by atoms with van der Waals surface area (Å²) in [6, 6.07) is 15.3. The zero-order valence-corrected chi connectivity index (χ0v) is 15.3. The number of aryl methyl sites for hydroxylation is 1. The van der Waals surface area contributed by atoms with Crippen LogP contribution in [0.2, 0.25) is 0 Å². The van der Waals surface area contributed by atoms with E-state index in [2.05, 4.69) is 10.4 Å². The highest BCUT2D eigenvalue weighted by molar-refractivity contribution is 6.02. The molecule has 1 aromatic heterocycles. The molecule has 2 aliphatic rings. The number of fused-ring (bicyclic) bond motifs is 2. The van der Waals surface area contributed by atoms with Gasteiger partial charge in [0, 0.05) is 5.69 Å². The van der Waals surface area contributed by atoms with Crippen LogP contribution in [0.15, 0.2) is 48.5 Å². The van der Waals surface area contributed by atoms with E-state index in [0.29, 0.717) is 18.8 Å². The molecule has 0 fully saturated rings. The molecule has 5 rings (SSSR count). The maximum Gasteiger partial charge on any atom is 0.276 e. The highest BCUT2D eigenvalue weighted by Crippen LogP contribution is 2.36. The van der Waals surface area contributed by atoms with Gasteiger partial charge < -0.3 is 19.5 Å². The Hall–Kier alpha value is -3.32. The molecule has 7 heteroatoms. The van der Waals surface area contributed by atoms with Crippen LogP contribution >= 0.6 is 0 Å². The number of hydrogen-bond donors (Lipinski definition) is 1. The Morgan fingerprint density at radius 3 is 2.93 bits per heavy atom. The van der Waals surface area contributed by atoms with E-state index < -0.39 is 0 Å². The van der Waals surface area contributed by atoms with E-state index in [1.165, 1.54) is 0 Å². The Labute approximate surface area is 161 Å². The zero-order valence-electron chi connectivity index (χ0n) is 15.3. The smallest absolute Gasteiger partial charge is 0.276 e. The summed E-state index contributed by atoms with van der Waals surface area (Å²) in [6.45, 7) is 3.15. The fourth-order valence-corrected chi connectivity index (χ4v) is 3.47. The van der Waals surface area contributed by atoms with Crippen LogP contribution in [0.5, 0.6) is 11.5 Å². The van der Waals surface area contributed by atoms with Gasteiger partial charge in [0.1, 0.15) is 6.10 Å². The van der Waals surface area contributed by atoms with Gasteiger partial charge in [0.2, 0.25) is 6.79 Å². The first-order valence-electron chi connectivity index (χ1n) is 9.11. The standard InChI is InChI=1S/C21H19N3O4/c1-13-3-2-4-15(7-13)22-21(25)17-9-16-11-26-20(10-24(16)23-17)14-5-6-18-19(8-14)28-12-27-18/h2-9,20H,10-12H2,1H3,(H,22,25)/t20-/m1/s1. The maximum absolute atomic E-state index is 12.6. The molecule has 0 aliphatic carbocycles. The van der Waals surface area contributed by atoms with E-state index >= 15 is 0 Å². The van der Waals surface area contributed by atoms with Crippen molar-refractivity contribution >= 4 is 11.6 Å². The number of nitrogens with one attached hydrogen (secondary N) is 1. The lowest BCUT2D eigenvalue weighted by atomic mass is 10.1. The lowest BCUT2D eigenvalue weighted by molar-refractivity contribution is -0.00127. The highest BCUT2D eigenvalue weighted by Gasteiger charge is 2.25. The average Bonchev–Trinajstić information content (AvgIpc) is 3.33. The lowest BCUT2D eigenvalue weighted by Crippen LogP contribution is -2.22. The van der Waals surface area contributed by atoms with Crippen LogP contribution in [0.3, 0.4) is 0 Å². The van der Waals surface area contributed by atoms with Crippen LogP contribution < -0.4 is 14.8 Å². The molecule has 2 aromatic carbocycles. The molecular formula is C21H19N3O4. The molecule has 7 nitrogen and oxygen atoms in total. The second kappa shape index (κ2) is 6.69. The summed E-state index contributed by atoms with van der Waals surface area (Å²) in [5.41, 5.74) is 4.10. The van der Waals surface area contributed by atoms with Gasteiger partial charge in [0.15, 0.2) is 17.2 Å². The number of amides is 1. The van der Waals surface area contributed by atoms with Gasteiger partial charge in [0.05, 0.1) is 18.8 Å². The summed E-state index contributed by atoms with van der Waals surface area (Å²) in [5, 5.41) is 7.38. The Bertz CT molecular complexity index is 1060. The predicted octanol–water partition coefficient (Wildman–Crippen LogP) is 3.44. The molecule has 0 saturated carbocycles. The number of rotatable bonds is 3. The minimum Gasteiger partial charge on any atom is -0.454 e. The van der Waals surface area contributed by atoms with Crippen molar-refractivity contribution in [3.05, 3.63) is 71.0 Å². The number of carbonyl (C=O) groups excluding carboxylic acids is 1. The van der Waals surface area contributed by atoms with Gasteiger partial charge in [-0.15, -0.1) is 0 Å². The van der Waals surface area contributed by atoms with E-state index in [9.17, 15) is 4.79 Å². The van der Waals surface area contributed by atoms with Gasteiger partial charge >= 0.3 is 0 Å². The molecule has 3 heterocycles. The Morgan fingerprint density at radius 2 is 2.04 bits per heavy atom. The summed E-state index contributed by atoms with van der Waals surface area (Å²) < 4.78 is 18.6. The van der Waals surface area contributed by atoms with E-state index in [-0.39, 0.29) is 18.8 Å². The van der Waals surface area contributed by atoms with E-state index in [1.54, 1.807) is 6.07 Å². The van der Waals surface area contributed by atoms with Crippen molar-refractivity contribution < 1.29 is 19.0 Å². The minimum absolute atomic E-state index is 0.158. The monoisotopic (exact) mass is 377 g/mol. The summed E-state index contributed by atoms with van der Waals surface area (Å²) in [6.07, 6.45) is -0.158. The molecule has 0 bridgehead atoms. The van der Waals surface area contributed by atoms with Crippen molar-refractivity contribution in [3.63, 3.8) is 0 Å². The third kappa shape index (κ3) is 3.10. The number of carbonyl (C=O) groups is 1. The fourth-order valence-electron chi connectivity index (χ4n) is 3.47. The summed E-state index contributed by atoms with van der Waals surface area (Å²) in [4.78, 5) is 12.6. The largest absolute Gasteiger partial charge is 0.454 e. The zero-order chi connectivity index (χ0) is 19.1. The van der Waals surface area contributed by atoms with Crippen LogP contribution in [-0.4, -0.2) is 22.5 Å². The predicted molar refractivity (Wildman–Crippen MR) is 101 cm³/mol. The van der Waals surface area contributed by atoms with Crippen molar-refractivity contribution in [1.29, 1.82) is 0 Å². The molecular weight excluding hydrogens is 358 g/mol. The highest BCUT2D eigenvalue weighted by atomic mass is 16.7. The van der Waals surface area contributed by atoms with Gasteiger partial charge in [-0.2, -0.15) is 5.10 Å². The summed E-state index contributed by atoms with van der Waals surface area (Å²) in [7, 11) is 0.